The molecule has 1 fully saturated rings. The first-order chi connectivity index (χ1) is 11.3. The van der Waals surface area contributed by atoms with Crippen molar-refractivity contribution in [1.82, 2.24) is 0 Å². The van der Waals surface area contributed by atoms with Crippen LogP contribution in [0.2, 0.25) is 0 Å². The minimum atomic E-state index is -0.992. The zero-order chi connectivity index (χ0) is 17.9. The molecule has 0 spiro atoms. The number of amides is 2. The van der Waals surface area contributed by atoms with Gasteiger partial charge in [-0.25, -0.2) is 0 Å². The van der Waals surface area contributed by atoms with E-state index in [0.717, 1.165) is 17.7 Å². The van der Waals surface area contributed by atoms with Crippen LogP contribution >= 0.6 is 0 Å². The molecule has 1 aliphatic heterocycles. The molecule has 6 nitrogen and oxygen atoms in total. The van der Waals surface area contributed by atoms with Crippen LogP contribution in [0, 0.1) is 5.92 Å². The summed E-state index contributed by atoms with van der Waals surface area (Å²) in [6.07, 6.45) is 0.0498. The van der Waals surface area contributed by atoms with E-state index in [9.17, 15) is 14.4 Å². The lowest BCUT2D eigenvalue weighted by atomic mass is 9.96. The van der Waals surface area contributed by atoms with E-state index in [1.54, 1.807) is 4.90 Å². The number of carbonyl (C=O) groups is 3. The van der Waals surface area contributed by atoms with Crippen molar-refractivity contribution in [1.29, 1.82) is 0 Å². The van der Waals surface area contributed by atoms with Gasteiger partial charge in [0.15, 0.2) is 6.10 Å². The van der Waals surface area contributed by atoms with Gasteiger partial charge in [0, 0.05) is 18.7 Å². The van der Waals surface area contributed by atoms with E-state index >= 15 is 0 Å². The van der Waals surface area contributed by atoms with E-state index in [4.69, 9.17) is 10.5 Å². The first-order valence-electron chi connectivity index (χ1n) is 8.24. The molecule has 2 rings (SSSR count). The predicted molar refractivity (Wildman–Crippen MR) is 90.4 cm³/mol. The van der Waals surface area contributed by atoms with Crippen LogP contribution in [-0.4, -0.2) is 30.4 Å². The predicted octanol–water partition coefficient (Wildman–Crippen LogP) is 1.97. The Morgan fingerprint density at radius 1 is 1.33 bits per heavy atom. The summed E-state index contributed by atoms with van der Waals surface area (Å²) in [5.41, 5.74) is 7.04. The number of nitrogens with zero attached hydrogens (tertiary/aromatic N) is 1. The highest BCUT2D eigenvalue weighted by Gasteiger charge is 2.38. The Bertz CT molecular complexity index is 644. The second-order valence-electron chi connectivity index (χ2n) is 6.25. The third-order valence-corrected chi connectivity index (χ3v) is 4.52. The number of nitrogens with two attached hydrogens (primary N) is 1. The minimum Gasteiger partial charge on any atom is -0.452 e. The van der Waals surface area contributed by atoms with Gasteiger partial charge in [0.1, 0.15) is 0 Å². The van der Waals surface area contributed by atoms with Crippen LogP contribution in [0.25, 0.3) is 0 Å². The molecule has 1 aliphatic rings. The van der Waals surface area contributed by atoms with E-state index in [1.165, 1.54) is 6.92 Å². The SMILES string of the molecule is CC[C@@H](C)c1ccccc1N1C[C@H](C(=O)O[C@@H](C)C(N)=O)CC1=O. The summed E-state index contributed by atoms with van der Waals surface area (Å²) in [7, 11) is 0. The number of rotatable bonds is 6. The molecule has 2 amide bonds. The van der Waals surface area contributed by atoms with Gasteiger partial charge in [0.05, 0.1) is 5.92 Å². The Morgan fingerprint density at radius 3 is 2.62 bits per heavy atom. The molecule has 1 heterocycles. The van der Waals surface area contributed by atoms with Crippen LogP contribution in [0.3, 0.4) is 0 Å². The number of para-hydroxylation sites is 1. The topological polar surface area (TPSA) is 89.7 Å². The number of ether oxygens (including phenoxy) is 1. The van der Waals surface area contributed by atoms with Gasteiger partial charge < -0.3 is 15.4 Å². The zero-order valence-electron chi connectivity index (χ0n) is 14.3. The normalized spacial score (nSPS) is 19.9. The summed E-state index contributed by atoms with van der Waals surface area (Å²) >= 11 is 0. The molecule has 24 heavy (non-hydrogen) atoms. The quantitative estimate of drug-likeness (QED) is 0.807. The molecule has 0 unspecified atom stereocenters. The number of primary amides is 1. The van der Waals surface area contributed by atoms with Gasteiger partial charge in [0.2, 0.25) is 5.91 Å². The number of anilines is 1. The number of hydrogen-bond donors (Lipinski definition) is 1. The van der Waals surface area contributed by atoms with Gasteiger partial charge in [-0.05, 0) is 30.9 Å². The summed E-state index contributed by atoms with van der Waals surface area (Å²) in [6, 6.07) is 7.75. The molecule has 6 heteroatoms. The van der Waals surface area contributed by atoms with Gasteiger partial charge >= 0.3 is 5.97 Å². The van der Waals surface area contributed by atoms with Crippen LogP contribution in [0.5, 0.6) is 0 Å². The molecule has 2 N–H and O–H groups in total. The maximum absolute atomic E-state index is 12.4. The Balaban J connectivity index is 2.16. The zero-order valence-corrected chi connectivity index (χ0v) is 14.3. The fourth-order valence-corrected chi connectivity index (χ4v) is 2.80. The first-order valence-corrected chi connectivity index (χ1v) is 8.24. The Morgan fingerprint density at radius 2 is 2.00 bits per heavy atom. The van der Waals surface area contributed by atoms with Crippen LogP contribution < -0.4 is 10.6 Å². The van der Waals surface area contributed by atoms with E-state index in [-0.39, 0.29) is 18.9 Å². The molecule has 0 saturated carbocycles. The highest BCUT2D eigenvalue weighted by molar-refractivity contribution is 6.00. The fraction of sp³-hybridized carbons (Fsp3) is 0.500. The highest BCUT2D eigenvalue weighted by atomic mass is 16.5. The summed E-state index contributed by atoms with van der Waals surface area (Å²) in [5.74, 6) is -1.64. The standard InChI is InChI=1S/C18H24N2O4/c1-4-11(2)14-7-5-6-8-15(14)20-10-13(9-16(20)21)18(23)24-12(3)17(19)22/h5-8,11-13H,4,9-10H2,1-3H3,(H2,19,22)/t11-,12+,13-/m1/s1. The van der Waals surface area contributed by atoms with Crippen LogP contribution in [0.15, 0.2) is 24.3 Å². The summed E-state index contributed by atoms with van der Waals surface area (Å²) < 4.78 is 5.03. The fourth-order valence-electron chi connectivity index (χ4n) is 2.80. The van der Waals surface area contributed by atoms with Gasteiger partial charge in [-0.15, -0.1) is 0 Å². The van der Waals surface area contributed by atoms with Crippen molar-refractivity contribution in [3.8, 4) is 0 Å². The molecule has 130 valence electrons. The molecular formula is C18H24N2O4. The molecule has 1 aromatic carbocycles. The number of benzene rings is 1. The van der Waals surface area contributed by atoms with E-state index < -0.39 is 23.9 Å². The summed E-state index contributed by atoms with van der Waals surface area (Å²) in [5, 5.41) is 0. The Hall–Kier alpha value is -2.37. The summed E-state index contributed by atoms with van der Waals surface area (Å²) in [6.45, 7) is 5.89. The van der Waals surface area contributed by atoms with Crippen LogP contribution in [0.1, 0.15) is 45.1 Å². The average Bonchev–Trinajstić information content (AvgIpc) is 2.95. The molecule has 3 atom stereocenters. The van der Waals surface area contributed by atoms with E-state index in [2.05, 4.69) is 13.8 Å². The van der Waals surface area contributed by atoms with Crippen molar-refractivity contribution in [2.45, 2.75) is 45.6 Å². The third kappa shape index (κ3) is 3.75. The molecule has 0 radical (unpaired) electrons. The smallest absolute Gasteiger partial charge is 0.312 e. The lowest BCUT2D eigenvalue weighted by Crippen LogP contribution is -2.33. The number of esters is 1. The van der Waals surface area contributed by atoms with Crippen molar-refractivity contribution in [3.05, 3.63) is 29.8 Å². The highest BCUT2D eigenvalue weighted by Crippen LogP contribution is 2.33. The summed E-state index contributed by atoms with van der Waals surface area (Å²) in [4.78, 5) is 37.2. The van der Waals surface area contributed by atoms with Gasteiger partial charge in [-0.2, -0.15) is 0 Å². The van der Waals surface area contributed by atoms with Crippen LogP contribution in [-0.2, 0) is 19.1 Å². The third-order valence-electron chi connectivity index (χ3n) is 4.52. The number of carbonyl (C=O) groups excluding carboxylic acids is 3. The Labute approximate surface area is 142 Å². The van der Waals surface area contributed by atoms with Crippen molar-refractivity contribution >= 4 is 23.5 Å². The van der Waals surface area contributed by atoms with Gasteiger partial charge in [-0.3, -0.25) is 14.4 Å². The molecule has 0 aromatic heterocycles. The van der Waals surface area contributed by atoms with Crippen molar-refractivity contribution in [2.24, 2.45) is 11.7 Å². The van der Waals surface area contributed by atoms with Crippen LogP contribution in [0.4, 0.5) is 5.69 Å². The molecule has 1 saturated heterocycles. The second-order valence-corrected chi connectivity index (χ2v) is 6.25. The van der Waals surface area contributed by atoms with Gasteiger partial charge in [0.25, 0.3) is 5.91 Å². The molecule has 0 bridgehead atoms. The lowest BCUT2D eigenvalue weighted by molar-refractivity contribution is -0.157. The maximum atomic E-state index is 12.4. The number of hydrogen-bond acceptors (Lipinski definition) is 4. The first kappa shape index (κ1) is 18.0. The van der Waals surface area contributed by atoms with Gasteiger partial charge in [-0.1, -0.05) is 32.0 Å². The molecule has 1 aromatic rings. The maximum Gasteiger partial charge on any atom is 0.312 e. The van der Waals surface area contributed by atoms with Crippen molar-refractivity contribution in [2.75, 3.05) is 11.4 Å². The molecule has 0 aliphatic carbocycles. The Kier molecular flexibility index (Phi) is 5.59. The largest absolute Gasteiger partial charge is 0.452 e. The average molecular weight is 332 g/mol. The van der Waals surface area contributed by atoms with E-state index in [1.807, 2.05) is 24.3 Å². The minimum absolute atomic E-state index is 0.0825. The monoisotopic (exact) mass is 332 g/mol. The van der Waals surface area contributed by atoms with Crippen molar-refractivity contribution < 1.29 is 19.1 Å². The molecular weight excluding hydrogens is 308 g/mol. The van der Waals surface area contributed by atoms with E-state index in [0.29, 0.717) is 5.92 Å². The second kappa shape index (κ2) is 7.47. The lowest BCUT2D eigenvalue weighted by Gasteiger charge is -2.23. The van der Waals surface area contributed by atoms with Crippen molar-refractivity contribution in [3.63, 3.8) is 0 Å².